The summed E-state index contributed by atoms with van der Waals surface area (Å²) in [6, 6.07) is 8.64. The van der Waals surface area contributed by atoms with E-state index in [-0.39, 0.29) is 21.8 Å². The summed E-state index contributed by atoms with van der Waals surface area (Å²) in [7, 11) is 0. The fourth-order valence-corrected chi connectivity index (χ4v) is 4.72. The topological polar surface area (TPSA) is 119 Å². The molecule has 1 aromatic carbocycles. The maximum absolute atomic E-state index is 11.5. The molecule has 0 saturated carbocycles. The van der Waals surface area contributed by atoms with E-state index in [1.165, 1.54) is 35.2 Å². The van der Waals surface area contributed by atoms with Crippen LogP contribution in [0.5, 0.6) is 0 Å². The molecule has 0 spiro atoms. The van der Waals surface area contributed by atoms with Crippen molar-refractivity contribution in [1.82, 2.24) is 14.9 Å². The lowest BCUT2D eigenvalue weighted by Crippen LogP contribution is -2.40. The molecule has 0 amide bonds. The maximum atomic E-state index is 11.5. The Bertz CT molecular complexity index is 1100. The number of ketones is 1. The molecular weight excluding hydrogens is 517 g/mol. The fourth-order valence-electron chi connectivity index (χ4n) is 4.72. The van der Waals surface area contributed by atoms with Gasteiger partial charge in [-0.25, -0.2) is 9.97 Å². The molecule has 1 saturated heterocycles. The first-order chi connectivity index (χ1) is 18.1. The van der Waals surface area contributed by atoms with Crippen LogP contribution in [0.1, 0.15) is 40.7 Å². The molecule has 0 unspecified atom stereocenters. The van der Waals surface area contributed by atoms with Gasteiger partial charge in [0.05, 0.1) is 12.2 Å². The average Bonchev–Trinajstić information content (AvgIpc) is 3.36. The maximum Gasteiger partial charge on any atom is 0.225 e. The van der Waals surface area contributed by atoms with Gasteiger partial charge in [-0.15, -0.1) is 4.39 Å². The zero-order chi connectivity index (χ0) is 26.5. The Balaban J connectivity index is 0.000000998. The number of fused-ring (bicyclic) bond motifs is 1. The molecule has 2 aromatic rings. The second-order valence-corrected chi connectivity index (χ2v) is 8.94. The van der Waals surface area contributed by atoms with Gasteiger partial charge < -0.3 is 20.0 Å². The lowest BCUT2D eigenvalue weighted by atomic mass is 9.96. The standard InChI is InChI=1S/C25H32N4O3.C2HFO2.2FH/c30-14-13-28(10-9-21-6-5-20-3-1-2-4-23(20)21)17-19-7-11-29(12-8-19)25-26-15-22(16-27-25)24(32)18-31;3-1-2-5-4;;/h1-4,6,15-16,19,30-31H,5,7-14,17-18H2;4H;2*1H. The number of aliphatic hydroxyl groups is 2. The molecular formula is C27H35F3N4O5. The monoisotopic (exact) mass is 552 g/mol. The molecule has 1 aromatic heterocycles. The molecule has 0 bridgehead atoms. The molecule has 1 aliphatic carbocycles. The summed E-state index contributed by atoms with van der Waals surface area (Å²) < 4.78 is 10.3. The van der Waals surface area contributed by atoms with Gasteiger partial charge in [-0.1, -0.05) is 30.3 Å². The lowest BCUT2D eigenvalue weighted by molar-refractivity contribution is -0.172. The van der Waals surface area contributed by atoms with Crippen LogP contribution in [0.4, 0.5) is 19.7 Å². The number of rotatable bonds is 10. The minimum atomic E-state index is -0.526. The van der Waals surface area contributed by atoms with Crippen molar-refractivity contribution in [2.75, 3.05) is 50.8 Å². The summed E-state index contributed by atoms with van der Waals surface area (Å²) in [6.07, 6.45) is 11.5. The summed E-state index contributed by atoms with van der Waals surface area (Å²) in [6.45, 7) is 4.08. The van der Waals surface area contributed by atoms with Crippen LogP contribution in [0.3, 0.4) is 0 Å². The summed E-state index contributed by atoms with van der Waals surface area (Å²) in [5.41, 5.74) is 4.57. The first-order valence-corrected chi connectivity index (χ1v) is 12.3. The summed E-state index contributed by atoms with van der Waals surface area (Å²) in [5.74, 6) is 0.853. The molecule has 4 rings (SSSR count). The third-order valence-corrected chi connectivity index (χ3v) is 6.65. The van der Waals surface area contributed by atoms with E-state index in [9.17, 15) is 14.3 Å². The van der Waals surface area contributed by atoms with E-state index in [0.717, 1.165) is 58.0 Å². The molecule has 0 radical (unpaired) electrons. The second-order valence-electron chi connectivity index (χ2n) is 8.94. The van der Waals surface area contributed by atoms with Crippen molar-refractivity contribution in [3.63, 3.8) is 0 Å². The predicted octanol–water partition coefficient (Wildman–Crippen LogP) is 2.86. The molecule has 0 atom stereocenters. The zero-order valence-corrected chi connectivity index (χ0v) is 21.5. The summed E-state index contributed by atoms with van der Waals surface area (Å²) in [4.78, 5) is 27.7. The minimum absolute atomic E-state index is 0. The number of nitrogens with zero attached hydrogens (tertiary/aromatic N) is 4. The smallest absolute Gasteiger partial charge is 0.225 e. The number of halogens is 3. The third-order valence-electron chi connectivity index (χ3n) is 6.65. The molecule has 2 aliphatic rings. The van der Waals surface area contributed by atoms with Gasteiger partial charge in [-0.2, -0.15) is 5.26 Å². The second kappa shape index (κ2) is 17.9. The van der Waals surface area contributed by atoms with Gasteiger partial charge in [-0.05, 0) is 48.3 Å². The highest BCUT2D eigenvalue weighted by Gasteiger charge is 2.23. The van der Waals surface area contributed by atoms with Gasteiger partial charge in [0.1, 0.15) is 6.61 Å². The molecule has 9 nitrogen and oxygen atoms in total. The van der Waals surface area contributed by atoms with Gasteiger partial charge in [0.25, 0.3) is 0 Å². The Morgan fingerprint density at radius 3 is 2.41 bits per heavy atom. The Hall–Kier alpha value is -3.50. The van der Waals surface area contributed by atoms with Crippen molar-refractivity contribution in [3.05, 3.63) is 59.4 Å². The van der Waals surface area contributed by atoms with Crippen molar-refractivity contribution in [1.29, 1.82) is 0 Å². The third kappa shape index (κ3) is 9.96. The van der Waals surface area contributed by atoms with E-state index in [1.807, 2.05) is 0 Å². The molecule has 2 heterocycles. The number of anilines is 1. The van der Waals surface area contributed by atoms with Gasteiger partial charge in [0.2, 0.25) is 5.95 Å². The number of Topliss-reactive ketones (excluding diaryl/α,β-unsaturated/α-hetero) is 1. The van der Waals surface area contributed by atoms with Crippen molar-refractivity contribution < 1.29 is 39.0 Å². The number of benzene rings is 1. The Morgan fingerprint density at radius 2 is 1.82 bits per heavy atom. The number of carbonyl (C=O) groups excluding carboxylic acids is 1. The number of allylic oxidation sites excluding steroid dienone is 1. The number of hydrogen-bond donors (Lipinski definition) is 3. The molecule has 1 fully saturated rings. The van der Waals surface area contributed by atoms with Crippen molar-refractivity contribution >= 4 is 17.3 Å². The van der Waals surface area contributed by atoms with E-state index >= 15 is 0 Å². The molecule has 39 heavy (non-hydrogen) atoms. The van der Waals surface area contributed by atoms with Crippen LogP contribution >= 0.6 is 0 Å². The summed E-state index contributed by atoms with van der Waals surface area (Å²) >= 11 is 0. The largest absolute Gasteiger partial charge is 0.395 e. The molecule has 12 heteroatoms. The molecule has 1 aliphatic heterocycles. The highest BCUT2D eigenvalue weighted by atomic mass is 19.1. The van der Waals surface area contributed by atoms with E-state index in [4.69, 9.17) is 10.4 Å². The van der Waals surface area contributed by atoms with Crippen LogP contribution in [0.15, 0.2) is 42.7 Å². The first kappa shape index (κ1) is 33.5. The van der Waals surface area contributed by atoms with Crippen LogP contribution in [0, 0.1) is 18.2 Å². The van der Waals surface area contributed by atoms with Crippen LogP contribution < -0.4 is 4.90 Å². The van der Waals surface area contributed by atoms with E-state index in [2.05, 4.69) is 55.0 Å². The number of carbonyl (C=O) groups is 1. The SMILES string of the molecule is F.F.O=C(CO)c1cnc(N2CCC(CN(CCO)CCC3=CCc4ccccc43)CC2)nc1.OOC#CF. The minimum Gasteiger partial charge on any atom is -0.395 e. The van der Waals surface area contributed by atoms with Gasteiger partial charge >= 0.3 is 0 Å². The van der Waals surface area contributed by atoms with Gasteiger partial charge in [0, 0.05) is 45.1 Å². The van der Waals surface area contributed by atoms with E-state index in [1.54, 1.807) is 0 Å². The molecule has 214 valence electrons. The number of aliphatic hydroxyl groups excluding tert-OH is 2. The summed E-state index contributed by atoms with van der Waals surface area (Å²) in [5, 5.41) is 25.7. The number of hydrogen-bond acceptors (Lipinski definition) is 9. The van der Waals surface area contributed by atoms with E-state index < -0.39 is 6.61 Å². The van der Waals surface area contributed by atoms with Crippen molar-refractivity contribution in [2.45, 2.75) is 25.7 Å². The van der Waals surface area contributed by atoms with Gasteiger partial charge in [0.15, 0.2) is 18.1 Å². The van der Waals surface area contributed by atoms with Crippen LogP contribution in [-0.2, 0) is 11.3 Å². The van der Waals surface area contributed by atoms with Crippen molar-refractivity contribution in [3.8, 4) is 12.3 Å². The quantitative estimate of drug-likeness (QED) is 0.177. The first-order valence-electron chi connectivity index (χ1n) is 12.3. The van der Waals surface area contributed by atoms with E-state index in [0.29, 0.717) is 24.0 Å². The van der Waals surface area contributed by atoms with Crippen LogP contribution in [0.25, 0.3) is 5.57 Å². The molecule has 3 N–H and O–H groups in total. The lowest BCUT2D eigenvalue weighted by Gasteiger charge is -2.35. The predicted molar refractivity (Wildman–Crippen MR) is 142 cm³/mol. The normalized spacial score (nSPS) is 14.0. The average molecular weight is 553 g/mol. The Morgan fingerprint density at radius 1 is 1.13 bits per heavy atom. The van der Waals surface area contributed by atoms with Crippen molar-refractivity contribution in [2.24, 2.45) is 5.92 Å². The Kier molecular flexibility index (Phi) is 15.4. The zero-order valence-electron chi connectivity index (χ0n) is 21.5. The van der Waals surface area contributed by atoms with Crippen LogP contribution in [0.2, 0.25) is 0 Å². The van der Waals surface area contributed by atoms with Crippen LogP contribution in [-0.4, -0.2) is 82.1 Å². The Labute approximate surface area is 225 Å². The van der Waals surface area contributed by atoms with Gasteiger partial charge in [-0.3, -0.25) is 19.1 Å². The highest BCUT2D eigenvalue weighted by Crippen LogP contribution is 2.30. The highest BCUT2D eigenvalue weighted by molar-refractivity contribution is 5.96. The number of aromatic nitrogens is 2. The number of piperidine rings is 1. The fraction of sp³-hybridized carbons (Fsp3) is 0.444.